The quantitative estimate of drug-likeness (QED) is 0.819. The highest BCUT2D eigenvalue weighted by Gasteiger charge is 2.27. The van der Waals surface area contributed by atoms with Gasteiger partial charge in [-0.25, -0.2) is 17.5 Å². The Bertz CT molecular complexity index is 592. The van der Waals surface area contributed by atoms with Gasteiger partial charge in [0.2, 0.25) is 10.0 Å². The molecule has 1 aliphatic rings. The molecule has 2 N–H and O–H groups in total. The summed E-state index contributed by atoms with van der Waals surface area (Å²) in [6.07, 6.45) is 0.744. The number of halogens is 1. The van der Waals surface area contributed by atoms with E-state index >= 15 is 0 Å². The van der Waals surface area contributed by atoms with E-state index in [9.17, 15) is 12.8 Å². The monoisotopic (exact) mass is 315 g/mol. The van der Waals surface area contributed by atoms with Crippen LogP contribution in [0, 0.1) is 5.82 Å². The summed E-state index contributed by atoms with van der Waals surface area (Å²) in [5, 5.41) is 3.10. The van der Waals surface area contributed by atoms with Gasteiger partial charge >= 0.3 is 0 Å². The number of nitrogens with one attached hydrogen (secondary N) is 2. The molecule has 1 atom stereocenters. The van der Waals surface area contributed by atoms with Crippen molar-refractivity contribution >= 4 is 10.0 Å². The molecule has 7 heteroatoms. The van der Waals surface area contributed by atoms with Crippen LogP contribution in [-0.2, 0) is 16.6 Å². The number of likely N-dealkylation sites (N-methyl/N-ethyl adjacent to an activating group) is 1. The maximum absolute atomic E-state index is 13.9. The van der Waals surface area contributed by atoms with Gasteiger partial charge in [0, 0.05) is 19.1 Å². The van der Waals surface area contributed by atoms with E-state index < -0.39 is 15.8 Å². The third-order valence-corrected chi connectivity index (χ3v) is 5.11. The summed E-state index contributed by atoms with van der Waals surface area (Å²) >= 11 is 0. The van der Waals surface area contributed by atoms with Gasteiger partial charge in [-0.1, -0.05) is 13.0 Å². The van der Waals surface area contributed by atoms with E-state index in [0.29, 0.717) is 13.1 Å². The minimum absolute atomic E-state index is 0.156. The molecule has 21 heavy (non-hydrogen) atoms. The average Bonchev–Trinajstić information content (AvgIpc) is 2.82. The van der Waals surface area contributed by atoms with Crippen molar-refractivity contribution in [3.63, 3.8) is 0 Å². The first kappa shape index (κ1) is 16.4. The smallest absolute Gasteiger partial charge is 0.243 e. The largest absolute Gasteiger partial charge is 0.313 e. The topological polar surface area (TPSA) is 61.4 Å². The van der Waals surface area contributed by atoms with Gasteiger partial charge in [0.05, 0.1) is 0 Å². The van der Waals surface area contributed by atoms with Gasteiger partial charge in [-0.3, -0.25) is 0 Å². The van der Waals surface area contributed by atoms with Crippen molar-refractivity contribution in [2.75, 3.05) is 26.7 Å². The lowest BCUT2D eigenvalue weighted by Gasteiger charge is -2.14. The van der Waals surface area contributed by atoms with E-state index in [1.807, 2.05) is 18.9 Å². The molecular formula is C14H22FN3O2S. The molecule has 0 spiro atoms. The van der Waals surface area contributed by atoms with Gasteiger partial charge in [0.1, 0.15) is 10.7 Å². The molecule has 1 aliphatic heterocycles. The van der Waals surface area contributed by atoms with Gasteiger partial charge in [-0.15, -0.1) is 0 Å². The minimum Gasteiger partial charge on any atom is -0.313 e. The molecule has 2 rings (SSSR count). The van der Waals surface area contributed by atoms with Crippen molar-refractivity contribution in [1.82, 2.24) is 14.9 Å². The van der Waals surface area contributed by atoms with Crippen molar-refractivity contribution in [2.24, 2.45) is 0 Å². The van der Waals surface area contributed by atoms with Crippen LogP contribution in [0.5, 0.6) is 0 Å². The van der Waals surface area contributed by atoms with Crippen LogP contribution in [0.4, 0.5) is 4.39 Å². The molecule has 0 bridgehead atoms. The highest BCUT2D eigenvalue weighted by atomic mass is 32.2. The van der Waals surface area contributed by atoms with Crippen LogP contribution in [0.1, 0.15) is 18.9 Å². The Balaban J connectivity index is 2.18. The lowest BCUT2D eigenvalue weighted by atomic mass is 10.2. The summed E-state index contributed by atoms with van der Waals surface area (Å²) in [5.74, 6) is -0.714. The van der Waals surface area contributed by atoms with E-state index in [0.717, 1.165) is 25.1 Å². The first-order valence-corrected chi connectivity index (χ1v) is 8.60. The normalized spacial score (nSPS) is 20.0. The van der Waals surface area contributed by atoms with Crippen LogP contribution in [0.25, 0.3) is 0 Å². The number of benzene rings is 1. The second kappa shape index (κ2) is 6.83. The maximum atomic E-state index is 13.9. The van der Waals surface area contributed by atoms with Gasteiger partial charge in [-0.2, -0.15) is 0 Å². The summed E-state index contributed by atoms with van der Waals surface area (Å²) in [7, 11) is -1.89. The Hall–Kier alpha value is -1.02. The molecule has 0 radical (unpaired) electrons. The van der Waals surface area contributed by atoms with Crippen molar-refractivity contribution < 1.29 is 12.8 Å². The predicted molar refractivity (Wildman–Crippen MR) is 80.0 cm³/mol. The van der Waals surface area contributed by atoms with E-state index in [1.165, 1.54) is 12.1 Å². The zero-order chi connectivity index (χ0) is 15.5. The molecule has 1 fully saturated rings. The molecule has 118 valence electrons. The summed E-state index contributed by atoms with van der Waals surface area (Å²) < 4.78 is 41.2. The summed E-state index contributed by atoms with van der Waals surface area (Å²) in [6, 6.07) is 4.05. The minimum atomic E-state index is -3.82. The molecule has 0 aliphatic carbocycles. The Labute approximate surface area is 125 Å². The predicted octanol–water partition coefficient (Wildman–Crippen LogP) is 0.918. The Morgan fingerprint density at radius 1 is 1.43 bits per heavy atom. The van der Waals surface area contributed by atoms with Crippen LogP contribution >= 0.6 is 0 Å². The van der Waals surface area contributed by atoms with Gasteiger partial charge in [-0.05, 0) is 44.3 Å². The Morgan fingerprint density at radius 3 is 2.81 bits per heavy atom. The molecule has 5 nitrogen and oxygen atoms in total. The lowest BCUT2D eigenvalue weighted by molar-refractivity contribution is 0.407. The van der Waals surface area contributed by atoms with Crippen LogP contribution in [0.2, 0.25) is 0 Å². The first-order chi connectivity index (χ1) is 9.92. The molecule has 1 unspecified atom stereocenters. The summed E-state index contributed by atoms with van der Waals surface area (Å²) in [6.45, 7) is 4.74. The van der Waals surface area contributed by atoms with E-state index in [1.54, 1.807) is 6.07 Å². The molecule has 1 aromatic rings. The van der Waals surface area contributed by atoms with Crippen molar-refractivity contribution in [3.05, 3.63) is 29.6 Å². The number of sulfonamides is 1. The highest BCUT2D eigenvalue weighted by molar-refractivity contribution is 7.89. The molecule has 1 aromatic carbocycles. The van der Waals surface area contributed by atoms with Crippen LogP contribution in [0.3, 0.4) is 0 Å². The number of hydrogen-bond acceptors (Lipinski definition) is 4. The highest BCUT2D eigenvalue weighted by Crippen LogP contribution is 2.18. The Morgan fingerprint density at radius 2 is 2.19 bits per heavy atom. The van der Waals surface area contributed by atoms with Crippen LogP contribution in [0.15, 0.2) is 23.1 Å². The lowest BCUT2D eigenvalue weighted by Crippen LogP contribution is -2.36. The molecule has 0 saturated carbocycles. The van der Waals surface area contributed by atoms with Crippen LogP contribution < -0.4 is 10.0 Å². The van der Waals surface area contributed by atoms with E-state index in [-0.39, 0.29) is 10.9 Å². The van der Waals surface area contributed by atoms with Crippen molar-refractivity contribution in [2.45, 2.75) is 30.8 Å². The first-order valence-electron chi connectivity index (χ1n) is 7.12. The van der Waals surface area contributed by atoms with E-state index in [4.69, 9.17) is 0 Å². The Kier molecular flexibility index (Phi) is 5.32. The zero-order valence-corrected chi connectivity index (χ0v) is 13.2. The molecule has 1 heterocycles. The third-order valence-electron chi connectivity index (χ3n) is 3.58. The zero-order valence-electron chi connectivity index (χ0n) is 12.4. The number of likely N-dealkylation sites (tertiary alicyclic amines) is 1. The number of nitrogens with zero attached hydrogens (tertiary/aromatic N) is 1. The second-order valence-corrected chi connectivity index (χ2v) is 7.10. The van der Waals surface area contributed by atoms with Crippen LogP contribution in [-0.4, -0.2) is 46.0 Å². The van der Waals surface area contributed by atoms with Crippen molar-refractivity contribution in [3.8, 4) is 0 Å². The fraction of sp³-hybridized carbons (Fsp3) is 0.571. The van der Waals surface area contributed by atoms with Gasteiger partial charge in [0.25, 0.3) is 0 Å². The van der Waals surface area contributed by atoms with E-state index in [2.05, 4.69) is 10.0 Å². The summed E-state index contributed by atoms with van der Waals surface area (Å²) in [4.78, 5) is 1.78. The number of hydrogen-bond donors (Lipinski definition) is 2. The summed E-state index contributed by atoms with van der Waals surface area (Å²) in [5.41, 5.74) is 0.752. The SMILES string of the molecule is CCNCc1ccc(F)c(S(=O)(=O)NC2CCN(C)C2)c1. The maximum Gasteiger partial charge on any atom is 0.243 e. The standard InChI is InChI=1S/C14H22FN3O2S/c1-3-16-9-11-4-5-13(15)14(8-11)21(19,20)17-12-6-7-18(2)10-12/h4-5,8,12,16-17H,3,6-7,9-10H2,1-2H3. The van der Waals surface area contributed by atoms with Crippen molar-refractivity contribution in [1.29, 1.82) is 0 Å². The number of rotatable bonds is 6. The molecule has 0 aromatic heterocycles. The van der Waals surface area contributed by atoms with Gasteiger partial charge < -0.3 is 10.2 Å². The second-order valence-electron chi connectivity index (χ2n) is 5.41. The molecule has 1 saturated heterocycles. The molecular weight excluding hydrogens is 293 g/mol. The fourth-order valence-electron chi connectivity index (χ4n) is 2.45. The third kappa shape index (κ3) is 4.23. The average molecular weight is 315 g/mol. The fourth-order valence-corrected chi connectivity index (χ4v) is 3.84. The van der Waals surface area contributed by atoms with Gasteiger partial charge in [0.15, 0.2) is 0 Å². The molecule has 0 amide bonds.